The van der Waals surface area contributed by atoms with Crippen molar-refractivity contribution in [2.75, 3.05) is 39.2 Å². The molecule has 1 aliphatic heterocycles. The predicted octanol–water partition coefficient (Wildman–Crippen LogP) is -0.105. The van der Waals surface area contributed by atoms with E-state index in [9.17, 15) is 9.59 Å². The summed E-state index contributed by atoms with van der Waals surface area (Å²) in [5.74, 6) is -0.611. The van der Waals surface area contributed by atoms with E-state index in [1.807, 2.05) is 0 Å². The first-order valence-corrected chi connectivity index (χ1v) is 7.09. The van der Waals surface area contributed by atoms with E-state index in [0.29, 0.717) is 18.9 Å². The number of aliphatic hydroxyl groups is 1. The highest BCUT2D eigenvalue weighted by molar-refractivity contribution is 8.00. The molecule has 0 aromatic carbocycles. The van der Waals surface area contributed by atoms with Gasteiger partial charge in [-0.2, -0.15) is 0 Å². The van der Waals surface area contributed by atoms with E-state index in [-0.39, 0.29) is 24.6 Å². The molecule has 2 unspecified atom stereocenters. The molecular formula is C11H20N2O5S. The van der Waals surface area contributed by atoms with Gasteiger partial charge >= 0.3 is 12.0 Å². The van der Waals surface area contributed by atoms with Crippen molar-refractivity contribution in [2.45, 2.75) is 18.3 Å². The van der Waals surface area contributed by atoms with Crippen LogP contribution in [-0.2, 0) is 9.53 Å². The number of aliphatic hydroxyl groups excluding tert-OH is 1. The fraction of sp³-hybridized carbons (Fsp3) is 0.818. The Hall–Kier alpha value is -0.990. The van der Waals surface area contributed by atoms with Crippen molar-refractivity contribution in [1.29, 1.82) is 0 Å². The number of carboxylic acid groups (broad SMARTS) is 1. The van der Waals surface area contributed by atoms with Crippen LogP contribution >= 0.6 is 11.8 Å². The fourth-order valence-electron chi connectivity index (χ4n) is 1.91. The quantitative estimate of drug-likeness (QED) is 0.710. The minimum absolute atomic E-state index is 0.164. The van der Waals surface area contributed by atoms with Gasteiger partial charge in [0.25, 0.3) is 0 Å². The molecule has 0 aromatic heterocycles. The van der Waals surface area contributed by atoms with Crippen LogP contribution in [0.15, 0.2) is 0 Å². The van der Waals surface area contributed by atoms with Gasteiger partial charge in [-0.25, -0.2) is 9.59 Å². The molecule has 1 rings (SSSR count). The Kier molecular flexibility index (Phi) is 6.40. The lowest BCUT2D eigenvalue weighted by Crippen LogP contribution is -2.52. The lowest BCUT2D eigenvalue weighted by atomic mass is 10.3. The summed E-state index contributed by atoms with van der Waals surface area (Å²) in [7, 11) is 1.52. The van der Waals surface area contributed by atoms with Gasteiger partial charge < -0.3 is 19.8 Å². The number of nitrogens with zero attached hydrogens (tertiary/aromatic N) is 2. The van der Waals surface area contributed by atoms with Gasteiger partial charge in [-0.05, 0) is 6.92 Å². The number of carboxylic acids is 1. The van der Waals surface area contributed by atoms with Crippen LogP contribution in [0, 0.1) is 0 Å². The highest BCUT2D eigenvalue weighted by Gasteiger charge is 2.41. The summed E-state index contributed by atoms with van der Waals surface area (Å²) in [6, 6.07) is -1.17. The molecule has 0 bridgehead atoms. The predicted molar refractivity (Wildman–Crippen MR) is 71.1 cm³/mol. The largest absolute Gasteiger partial charge is 0.480 e. The third-order valence-corrected chi connectivity index (χ3v) is 4.15. The van der Waals surface area contributed by atoms with Crippen molar-refractivity contribution in [2.24, 2.45) is 0 Å². The third kappa shape index (κ3) is 3.99. The molecule has 7 nitrogen and oxygen atoms in total. The molecule has 2 amide bonds. The van der Waals surface area contributed by atoms with Crippen LogP contribution in [0.3, 0.4) is 0 Å². The number of hydrogen-bond acceptors (Lipinski definition) is 5. The number of thioether (sulfide) groups is 1. The van der Waals surface area contributed by atoms with E-state index in [1.165, 1.54) is 28.7 Å². The van der Waals surface area contributed by atoms with Gasteiger partial charge in [-0.1, -0.05) is 0 Å². The number of methoxy groups -OCH3 is 1. The summed E-state index contributed by atoms with van der Waals surface area (Å²) in [5, 5.41) is 17.9. The van der Waals surface area contributed by atoms with Gasteiger partial charge in [-0.3, -0.25) is 4.90 Å². The minimum atomic E-state index is -0.999. The number of carbonyl (C=O) groups is 2. The molecule has 0 aromatic rings. The molecule has 0 saturated carbocycles. The highest BCUT2D eigenvalue weighted by Crippen LogP contribution is 2.29. The van der Waals surface area contributed by atoms with Crippen molar-refractivity contribution >= 4 is 23.8 Å². The first kappa shape index (κ1) is 16.1. The van der Waals surface area contributed by atoms with E-state index >= 15 is 0 Å². The Morgan fingerprint density at radius 2 is 2.16 bits per heavy atom. The Morgan fingerprint density at radius 3 is 2.68 bits per heavy atom. The Balaban J connectivity index is 2.77. The van der Waals surface area contributed by atoms with E-state index < -0.39 is 12.0 Å². The Morgan fingerprint density at radius 1 is 1.47 bits per heavy atom. The highest BCUT2D eigenvalue weighted by atomic mass is 32.2. The number of amides is 2. The second-order valence-corrected chi connectivity index (χ2v) is 5.53. The maximum atomic E-state index is 12.4. The second kappa shape index (κ2) is 7.56. The monoisotopic (exact) mass is 292 g/mol. The Labute approximate surface area is 116 Å². The van der Waals surface area contributed by atoms with Crippen LogP contribution in [0.4, 0.5) is 4.79 Å². The first-order chi connectivity index (χ1) is 9.02. The average molecular weight is 292 g/mol. The van der Waals surface area contributed by atoms with Crippen molar-refractivity contribution in [1.82, 2.24) is 9.80 Å². The zero-order valence-corrected chi connectivity index (χ0v) is 11.9. The number of carbonyl (C=O) groups excluding carboxylic acids is 1. The van der Waals surface area contributed by atoms with Crippen LogP contribution in [0.1, 0.15) is 6.92 Å². The summed E-state index contributed by atoms with van der Waals surface area (Å²) in [6.45, 7) is 2.49. The molecule has 1 fully saturated rings. The molecular weight excluding hydrogens is 272 g/mol. The van der Waals surface area contributed by atoms with Crippen LogP contribution < -0.4 is 0 Å². The number of ether oxygens (including phenoxy) is 1. The summed E-state index contributed by atoms with van der Waals surface area (Å²) in [4.78, 5) is 26.3. The fourth-order valence-corrected chi connectivity index (χ4v) is 3.07. The zero-order valence-electron chi connectivity index (χ0n) is 11.1. The average Bonchev–Trinajstić information content (AvgIpc) is 2.75. The van der Waals surface area contributed by atoms with Crippen LogP contribution in [0.25, 0.3) is 0 Å². The van der Waals surface area contributed by atoms with Gasteiger partial charge in [0.05, 0.1) is 18.6 Å². The maximum Gasteiger partial charge on any atom is 0.327 e. The van der Waals surface area contributed by atoms with Crippen molar-refractivity contribution < 1.29 is 24.5 Å². The van der Waals surface area contributed by atoms with Gasteiger partial charge in [0.2, 0.25) is 0 Å². The van der Waals surface area contributed by atoms with E-state index in [1.54, 1.807) is 6.92 Å². The molecule has 1 aliphatic rings. The Bertz CT molecular complexity index is 328. The summed E-state index contributed by atoms with van der Waals surface area (Å²) < 4.78 is 4.92. The number of urea groups is 1. The minimum Gasteiger partial charge on any atom is -0.480 e. The topological polar surface area (TPSA) is 90.3 Å². The van der Waals surface area contributed by atoms with E-state index in [2.05, 4.69) is 0 Å². The standard InChI is InChI=1S/C11H20N2O5S/c1-8-13(9(7-19-8)10(15)16)11(17)12(3-5-14)4-6-18-2/h8-9,14H,3-7H2,1-2H3,(H,15,16). The van der Waals surface area contributed by atoms with Crippen molar-refractivity contribution in [3.8, 4) is 0 Å². The lowest BCUT2D eigenvalue weighted by molar-refractivity contribution is -0.141. The van der Waals surface area contributed by atoms with Gasteiger partial charge in [0.15, 0.2) is 0 Å². The summed E-state index contributed by atoms with van der Waals surface area (Å²) in [6.07, 6.45) is 0. The van der Waals surface area contributed by atoms with E-state index in [4.69, 9.17) is 14.9 Å². The molecule has 0 radical (unpaired) electrons. The first-order valence-electron chi connectivity index (χ1n) is 6.04. The molecule has 2 N–H and O–H groups in total. The molecule has 19 heavy (non-hydrogen) atoms. The van der Waals surface area contributed by atoms with E-state index in [0.717, 1.165) is 0 Å². The third-order valence-electron chi connectivity index (χ3n) is 2.93. The van der Waals surface area contributed by atoms with Crippen LogP contribution in [0.2, 0.25) is 0 Å². The summed E-state index contributed by atoms with van der Waals surface area (Å²) >= 11 is 1.43. The number of hydrogen-bond donors (Lipinski definition) is 2. The lowest BCUT2D eigenvalue weighted by Gasteiger charge is -2.31. The normalized spacial score (nSPS) is 22.6. The zero-order chi connectivity index (χ0) is 14.4. The smallest absolute Gasteiger partial charge is 0.327 e. The van der Waals surface area contributed by atoms with Crippen LogP contribution in [-0.4, -0.2) is 82.6 Å². The molecule has 1 saturated heterocycles. The van der Waals surface area contributed by atoms with Crippen LogP contribution in [0.5, 0.6) is 0 Å². The van der Waals surface area contributed by atoms with Gasteiger partial charge in [0, 0.05) is 26.0 Å². The van der Waals surface area contributed by atoms with Crippen molar-refractivity contribution in [3.63, 3.8) is 0 Å². The molecule has 8 heteroatoms. The SMILES string of the molecule is COCCN(CCO)C(=O)N1C(C)SCC1C(=O)O. The van der Waals surface area contributed by atoms with Crippen molar-refractivity contribution in [3.05, 3.63) is 0 Å². The molecule has 0 spiro atoms. The molecule has 0 aliphatic carbocycles. The summed E-state index contributed by atoms with van der Waals surface area (Å²) in [5.41, 5.74) is 0. The number of aliphatic carboxylic acids is 1. The second-order valence-electron chi connectivity index (χ2n) is 4.18. The molecule has 110 valence electrons. The maximum absolute atomic E-state index is 12.4. The van der Waals surface area contributed by atoms with Gasteiger partial charge in [0.1, 0.15) is 6.04 Å². The van der Waals surface area contributed by atoms with Gasteiger partial charge in [-0.15, -0.1) is 11.8 Å². The molecule has 1 heterocycles. The molecule has 2 atom stereocenters. The number of rotatable bonds is 6.